The molecular weight excluding hydrogens is 218 g/mol. The third kappa shape index (κ3) is 1.27. The number of aryl methyl sites for hydroxylation is 1. The van der Waals surface area contributed by atoms with Crippen LogP contribution in [0.5, 0.6) is 0 Å². The molecule has 0 aliphatic heterocycles. The Balaban J connectivity index is 2.33. The van der Waals surface area contributed by atoms with Crippen LogP contribution in [0.15, 0.2) is 30.0 Å². The quantitative estimate of drug-likeness (QED) is 0.642. The Labute approximate surface area is 97.4 Å². The summed E-state index contributed by atoms with van der Waals surface area (Å²) in [5.74, 6) is 0. The molecule has 0 saturated carbocycles. The molecule has 16 heavy (non-hydrogen) atoms. The van der Waals surface area contributed by atoms with Gasteiger partial charge in [-0.3, -0.25) is 9.67 Å². The summed E-state index contributed by atoms with van der Waals surface area (Å²) in [6.45, 7) is 2.08. The molecule has 0 radical (unpaired) electrons. The van der Waals surface area contributed by atoms with E-state index in [2.05, 4.69) is 28.5 Å². The molecule has 3 aromatic rings. The fourth-order valence-corrected chi connectivity index (χ4v) is 2.65. The van der Waals surface area contributed by atoms with E-state index in [0.717, 1.165) is 0 Å². The van der Waals surface area contributed by atoms with Crippen LogP contribution in [0.25, 0.3) is 21.2 Å². The molecule has 3 nitrogen and oxygen atoms in total. The Morgan fingerprint density at radius 3 is 2.81 bits per heavy atom. The highest BCUT2D eigenvalue weighted by molar-refractivity contribution is 7.17. The summed E-state index contributed by atoms with van der Waals surface area (Å²) in [7, 11) is 1.96. The van der Waals surface area contributed by atoms with E-state index in [1.54, 1.807) is 11.3 Å². The first-order chi connectivity index (χ1) is 7.77. The molecule has 0 unspecified atom stereocenters. The molecule has 0 amide bonds. The number of nitrogens with zero attached hydrogens (tertiary/aromatic N) is 3. The summed E-state index contributed by atoms with van der Waals surface area (Å²) in [5, 5.41) is 7.64. The molecule has 3 rings (SSSR count). The predicted molar refractivity (Wildman–Crippen MR) is 66.6 cm³/mol. The molecule has 0 bridgehead atoms. The Kier molecular flexibility index (Phi) is 2.04. The number of hydrogen-bond acceptors (Lipinski definition) is 3. The second-order valence-corrected chi connectivity index (χ2v) is 4.73. The molecule has 80 valence electrons. The molecule has 0 atom stereocenters. The monoisotopic (exact) mass is 229 g/mol. The van der Waals surface area contributed by atoms with Crippen molar-refractivity contribution in [3.8, 4) is 11.1 Å². The van der Waals surface area contributed by atoms with Crippen molar-refractivity contribution in [2.45, 2.75) is 6.92 Å². The largest absolute Gasteiger partial charge is 0.272 e. The van der Waals surface area contributed by atoms with Crippen LogP contribution < -0.4 is 0 Å². The van der Waals surface area contributed by atoms with Crippen molar-refractivity contribution in [3.05, 3.63) is 35.7 Å². The first-order valence-corrected chi connectivity index (χ1v) is 5.95. The first-order valence-electron chi connectivity index (χ1n) is 5.07. The molecule has 0 aliphatic carbocycles. The van der Waals surface area contributed by atoms with Crippen molar-refractivity contribution in [1.82, 2.24) is 14.8 Å². The SMILES string of the molecule is Cc1c(-c2cncc3sccc23)cnn1C. The minimum Gasteiger partial charge on any atom is -0.272 e. The highest BCUT2D eigenvalue weighted by Crippen LogP contribution is 2.31. The van der Waals surface area contributed by atoms with E-state index in [0.29, 0.717) is 0 Å². The van der Waals surface area contributed by atoms with E-state index >= 15 is 0 Å². The highest BCUT2D eigenvalue weighted by Gasteiger charge is 2.10. The standard InChI is InChI=1S/C12H11N3S/c1-8-10(6-14-15(8)2)11-5-13-7-12-9(11)3-4-16-12/h3-7H,1-2H3. The molecule has 0 aliphatic rings. The zero-order valence-corrected chi connectivity index (χ0v) is 9.95. The van der Waals surface area contributed by atoms with Gasteiger partial charge in [0.1, 0.15) is 0 Å². The van der Waals surface area contributed by atoms with Gasteiger partial charge >= 0.3 is 0 Å². The van der Waals surface area contributed by atoms with Gasteiger partial charge in [0.15, 0.2) is 0 Å². The summed E-state index contributed by atoms with van der Waals surface area (Å²) in [5.41, 5.74) is 3.50. The van der Waals surface area contributed by atoms with Crippen molar-refractivity contribution in [1.29, 1.82) is 0 Å². The third-order valence-electron chi connectivity index (χ3n) is 2.91. The van der Waals surface area contributed by atoms with Crippen molar-refractivity contribution >= 4 is 21.4 Å². The van der Waals surface area contributed by atoms with Crippen molar-refractivity contribution in [2.24, 2.45) is 7.05 Å². The van der Waals surface area contributed by atoms with E-state index in [4.69, 9.17) is 0 Å². The van der Waals surface area contributed by atoms with E-state index < -0.39 is 0 Å². The highest BCUT2D eigenvalue weighted by atomic mass is 32.1. The van der Waals surface area contributed by atoms with Gasteiger partial charge in [0, 0.05) is 41.6 Å². The summed E-state index contributed by atoms with van der Waals surface area (Å²) < 4.78 is 3.11. The van der Waals surface area contributed by atoms with E-state index in [1.807, 2.05) is 30.3 Å². The van der Waals surface area contributed by atoms with Gasteiger partial charge in [-0.05, 0) is 18.4 Å². The van der Waals surface area contributed by atoms with Gasteiger partial charge in [-0.25, -0.2) is 0 Å². The molecule has 0 aromatic carbocycles. The Morgan fingerprint density at radius 1 is 1.19 bits per heavy atom. The van der Waals surface area contributed by atoms with Crippen LogP contribution in [-0.2, 0) is 7.05 Å². The molecule has 4 heteroatoms. The van der Waals surface area contributed by atoms with Crippen LogP contribution in [0, 0.1) is 6.92 Å². The molecular formula is C12H11N3S. The lowest BCUT2D eigenvalue weighted by atomic mass is 10.1. The Bertz CT molecular complexity index is 651. The number of thiophene rings is 1. The lowest BCUT2D eigenvalue weighted by molar-refractivity contribution is 0.740. The first kappa shape index (κ1) is 9.54. The fraction of sp³-hybridized carbons (Fsp3) is 0.167. The normalized spacial score (nSPS) is 11.1. The zero-order valence-electron chi connectivity index (χ0n) is 9.14. The van der Waals surface area contributed by atoms with Crippen LogP contribution in [0.1, 0.15) is 5.69 Å². The van der Waals surface area contributed by atoms with E-state index in [-0.39, 0.29) is 0 Å². The van der Waals surface area contributed by atoms with Crippen LogP contribution in [0.2, 0.25) is 0 Å². The maximum Gasteiger partial charge on any atom is 0.0571 e. The predicted octanol–water partition coefficient (Wildman–Crippen LogP) is 3.01. The lowest BCUT2D eigenvalue weighted by Gasteiger charge is -2.02. The van der Waals surface area contributed by atoms with E-state index in [1.165, 1.54) is 26.9 Å². The van der Waals surface area contributed by atoms with Crippen molar-refractivity contribution in [3.63, 3.8) is 0 Å². The minimum atomic E-state index is 1.17. The third-order valence-corrected chi connectivity index (χ3v) is 3.76. The maximum absolute atomic E-state index is 4.29. The summed E-state index contributed by atoms with van der Waals surface area (Å²) >= 11 is 1.72. The lowest BCUT2D eigenvalue weighted by Crippen LogP contribution is -1.92. The molecule has 0 spiro atoms. The Morgan fingerprint density at radius 2 is 2.06 bits per heavy atom. The van der Waals surface area contributed by atoms with E-state index in [9.17, 15) is 0 Å². The van der Waals surface area contributed by atoms with Gasteiger partial charge in [-0.2, -0.15) is 5.10 Å². The molecule has 0 saturated heterocycles. The van der Waals surface area contributed by atoms with Gasteiger partial charge in [-0.15, -0.1) is 11.3 Å². The molecule has 3 heterocycles. The molecule has 3 aromatic heterocycles. The minimum absolute atomic E-state index is 1.17. The number of rotatable bonds is 1. The number of aromatic nitrogens is 3. The van der Waals surface area contributed by atoms with Crippen molar-refractivity contribution < 1.29 is 0 Å². The van der Waals surface area contributed by atoms with Crippen molar-refractivity contribution in [2.75, 3.05) is 0 Å². The van der Waals surface area contributed by atoms with Crippen LogP contribution in [0.4, 0.5) is 0 Å². The number of hydrogen-bond donors (Lipinski definition) is 0. The number of fused-ring (bicyclic) bond motifs is 1. The summed E-state index contributed by atoms with van der Waals surface area (Å²) in [6.07, 6.45) is 5.73. The van der Waals surface area contributed by atoms with Crippen LogP contribution in [0.3, 0.4) is 0 Å². The molecule has 0 N–H and O–H groups in total. The second-order valence-electron chi connectivity index (χ2n) is 3.79. The van der Waals surface area contributed by atoms with Gasteiger partial charge in [0.25, 0.3) is 0 Å². The second kappa shape index (κ2) is 3.42. The van der Waals surface area contributed by atoms with Gasteiger partial charge < -0.3 is 0 Å². The van der Waals surface area contributed by atoms with Gasteiger partial charge in [-0.1, -0.05) is 0 Å². The fourth-order valence-electron chi connectivity index (χ4n) is 1.87. The average Bonchev–Trinajstić information content (AvgIpc) is 2.87. The topological polar surface area (TPSA) is 30.7 Å². The number of pyridine rings is 1. The molecule has 0 fully saturated rings. The smallest absolute Gasteiger partial charge is 0.0571 e. The average molecular weight is 229 g/mol. The Hall–Kier alpha value is -1.68. The van der Waals surface area contributed by atoms with Crippen LogP contribution >= 0.6 is 11.3 Å². The summed E-state index contributed by atoms with van der Waals surface area (Å²) in [4.78, 5) is 4.29. The van der Waals surface area contributed by atoms with Crippen LogP contribution in [-0.4, -0.2) is 14.8 Å². The van der Waals surface area contributed by atoms with Gasteiger partial charge in [0.05, 0.1) is 10.9 Å². The summed E-state index contributed by atoms with van der Waals surface area (Å²) in [6, 6.07) is 2.14. The maximum atomic E-state index is 4.29. The van der Waals surface area contributed by atoms with Gasteiger partial charge in [0.2, 0.25) is 0 Å². The zero-order chi connectivity index (χ0) is 11.1.